The second-order valence-electron chi connectivity index (χ2n) is 2.91. The van der Waals surface area contributed by atoms with Gasteiger partial charge in [0.25, 0.3) is 0 Å². The lowest BCUT2D eigenvalue weighted by atomic mass is 10.3. The summed E-state index contributed by atoms with van der Waals surface area (Å²) in [5.41, 5.74) is 1.24. The average Bonchev–Trinajstić information content (AvgIpc) is 2.66. The van der Waals surface area contributed by atoms with E-state index in [1.807, 2.05) is 12.1 Å². The average molecular weight is 289 g/mol. The highest BCUT2D eigenvalue weighted by atomic mass is 79.9. The Bertz CT molecular complexity index is 486. The largest absolute Gasteiger partial charge is 0.390 e. The molecule has 0 fully saturated rings. The lowest BCUT2D eigenvalue weighted by molar-refractivity contribution is 0.276. The first-order valence-corrected chi connectivity index (χ1v) is 5.35. The van der Waals surface area contributed by atoms with Crippen molar-refractivity contribution < 1.29 is 5.11 Å². The second kappa shape index (κ2) is 4.30. The molecule has 4 nitrogen and oxygen atoms in total. The van der Waals surface area contributed by atoms with E-state index in [4.69, 9.17) is 16.7 Å². The number of aliphatic hydroxyl groups is 1. The van der Waals surface area contributed by atoms with Crippen LogP contribution in [0.3, 0.4) is 0 Å². The van der Waals surface area contributed by atoms with Gasteiger partial charge in [0.05, 0.1) is 23.5 Å². The van der Waals surface area contributed by atoms with E-state index in [9.17, 15) is 0 Å². The molecule has 15 heavy (non-hydrogen) atoms. The lowest BCUT2D eigenvalue weighted by Crippen LogP contribution is -1.95. The maximum Gasteiger partial charge on any atom is 0.109 e. The zero-order valence-corrected chi connectivity index (χ0v) is 9.90. The minimum atomic E-state index is -0.131. The van der Waals surface area contributed by atoms with Crippen LogP contribution in [0.2, 0.25) is 5.02 Å². The molecule has 6 heteroatoms. The summed E-state index contributed by atoms with van der Waals surface area (Å²) in [6, 6.07) is 5.46. The van der Waals surface area contributed by atoms with E-state index in [-0.39, 0.29) is 6.61 Å². The van der Waals surface area contributed by atoms with Gasteiger partial charge in [-0.15, -0.1) is 5.10 Å². The number of aromatic nitrogens is 3. The predicted octanol–water partition coefficient (Wildman–Crippen LogP) is 2.18. The fourth-order valence-electron chi connectivity index (χ4n) is 1.16. The SMILES string of the molecule is OCc1cn(-c2ccc(Br)cc2Cl)nn1. The van der Waals surface area contributed by atoms with E-state index in [1.54, 1.807) is 12.3 Å². The number of rotatable bonds is 2. The molecule has 0 saturated carbocycles. The number of aliphatic hydroxyl groups excluding tert-OH is 1. The molecular weight excluding hydrogens is 281 g/mol. The van der Waals surface area contributed by atoms with Crippen LogP contribution in [-0.2, 0) is 6.61 Å². The smallest absolute Gasteiger partial charge is 0.109 e. The summed E-state index contributed by atoms with van der Waals surface area (Å²) in [4.78, 5) is 0. The molecule has 0 atom stereocenters. The fraction of sp³-hybridized carbons (Fsp3) is 0.111. The van der Waals surface area contributed by atoms with Crippen molar-refractivity contribution in [3.8, 4) is 5.69 Å². The molecule has 0 unspecified atom stereocenters. The maximum absolute atomic E-state index is 8.85. The van der Waals surface area contributed by atoms with Gasteiger partial charge in [0.1, 0.15) is 5.69 Å². The Morgan fingerprint density at radius 2 is 2.27 bits per heavy atom. The van der Waals surface area contributed by atoms with Crippen LogP contribution in [0.4, 0.5) is 0 Å². The van der Waals surface area contributed by atoms with Crippen LogP contribution in [0.25, 0.3) is 5.69 Å². The third-order valence-corrected chi connectivity index (χ3v) is 2.66. The molecule has 1 N–H and O–H groups in total. The van der Waals surface area contributed by atoms with E-state index in [2.05, 4.69) is 26.2 Å². The molecular formula is C9H7BrClN3O. The zero-order valence-electron chi connectivity index (χ0n) is 7.56. The monoisotopic (exact) mass is 287 g/mol. The predicted molar refractivity (Wildman–Crippen MR) is 60.0 cm³/mol. The summed E-state index contributed by atoms with van der Waals surface area (Å²) in [6.45, 7) is -0.131. The standard InChI is InChI=1S/C9H7BrClN3O/c10-6-1-2-9(8(11)3-6)14-4-7(5-15)12-13-14/h1-4,15H,5H2. The van der Waals surface area contributed by atoms with Gasteiger partial charge in [-0.1, -0.05) is 32.7 Å². The number of halogens is 2. The highest BCUT2D eigenvalue weighted by Gasteiger charge is 2.06. The van der Waals surface area contributed by atoms with E-state index in [0.717, 1.165) is 10.2 Å². The number of hydrogen-bond donors (Lipinski definition) is 1. The molecule has 0 radical (unpaired) electrons. The van der Waals surface area contributed by atoms with E-state index >= 15 is 0 Å². The minimum Gasteiger partial charge on any atom is -0.390 e. The van der Waals surface area contributed by atoms with Crippen LogP contribution in [0.5, 0.6) is 0 Å². The van der Waals surface area contributed by atoms with Gasteiger partial charge in [-0.2, -0.15) is 0 Å². The molecule has 2 aromatic rings. The Morgan fingerprint density at radius 3 is 2.87 bits per heavy atom. The minimum absolute atomic E-state index is 0.131. The zero-order chi connectivity index (χ0) is 10.8. The summed E-state index contributed by atoms with van der Waals surface area (Å²) >= 11 is 9.35. The normalized spacial score (nSPS) is 10.6. The van der Waals surface area contributed by atoms with Gasteiger partial charge in [-0.05, 0) is 18.2 Å². The third kappa shape index (κ3) is 2.19. The van der Waals surface area contributed by atoms with E-state index in [1.165, 1.54) is 4.68 Å². The van der Waals surface area contributed by atoms with Crippen molar-refractivity contribution in [3.63, 3.8) is 0 Å². The quantitative estimate of drug-likeness (QED) is 0.921. The van der Waals surface area contributed by atoms with Gasteiger partial charge in [-0.25, -0.2) is 4.68 Å². The summed E-state index contributed by atoms with van der Waals surface area (Å²) in [5, 5.41) is 17.0. The van der Waals surface area contributed by atoms with Crippen LogP contribution in [0, 0.1) is 0 Å². The van der Waals surface area contributed by atoms with Crippen molar-refractivity contribution in [2.75, 3.05) is 0 Å². The molecule has 0 bridgehead atoms. The lowest BCUT2D eigenvalue weighted by Gasteiger charge is -2.02. The Hall–Kier alpha value is -0.910. The molecule has 2 rings (SSSR count). The van der Waals surface area contributed by atoms with E-state index < -0.39 is 0 Å². The number of hydrogen-bond acceptors (Lipinski definition) is 3. The molecule has 78 valence electrons. The molecule has 0 aliphatic carbocycles. The van der Waals surface area contributed by atoms with Crippen LogP contribution < -0.4 is 0 Å². The number of nitrogens with zero attached hydrogens (tertiary/aromatic N) is 3. The molecule has 1 aromatic heterocycles. The third-order valence-electron chi connectivity index (χ3n) is 1.86. The summed E-state index contributed by atoms with van der Waals surface area (Å²) in [5.74, 6) is 0. The van der Waals surface area contributed by atoms with Gasteiger partial charge in [-0.3, -0.25) is 0 Å². The first kappa shape index (κ1) is 10.6. The van der Waals surface area contributed by atoms with Crippen LogP contribution in [-0.4, -0.2) is 20.1 Å². The van der Waals surface area contributed by atoms with Crippen molar-refractivity contribution >= 4 is 27.5 Å². The van der Waals surface area contributed by atoms with Crippen molar-refractivity contribution in [3.05, 3.63) is 39.6 Å². The van der Waals surface area contributed by atoms with Gasteiger partial charge in [0.15, 0.2) is 0 Å². The van der Waals surface area contributed by atoms with Crippen LogP contribution >= 0.6 is 27.5 Å². The topological polar surface area (TPSA) is 50.9 Å². The van der Waals surface area contributed by atoms with Crippen LogP contribution in [0.15, 0.2) is 28.9 Å². The fourth-order valence-corrected chi connectivity index (χ4v) is 1.92. The summed E-state index contributed by atoms with van der Waals surface area (Å²) in [6.07, 6.45) is 1.63. The second-order valence-corrected chi connectivity index (χ2v) is 4.23. The first-order valence-electron chi connectivity index (χ1n) is 4.18. The number of benzene rings is 1. The Kier molecular flexibility index (Phi) is 3.04. The maximum atomic E-state index is 8.85. The van der Waals surface area contributed by atoms with Gasteiger partial charge in [0.2, 0.25) is 0 Å². The first-order chi connectivity index (χ1) is 7.20. The Balaban J connectivity index is 2.44. The summed E-state index contributed by atoms with van der Waals surface area (Å²) in [7, 11) is 0. The van der Waals surface area contributed by atoms with Crippen LogP contribution in [0.1, 0.15) is 5.69 Å². The molecule has 0 aliphatic rings. The highest BCUT2D eigenvalue weighted by Crippen LogP contribution is 2.23. The Labute approximate surface area is 99.6 Å². The van der Waals surface area contributed by atoms with Gasteiger partial charge >= 0.3 is 0 Å². The molecule has 0 aliphatic heterocycles. The van der Waals surface area contributed by atoms with Crippen molar-refractivity contribution in [1.82, 2.24) is 15.0 Å². The molecule has 0 amide bonds. The highest BCUT2D eigenvalue weighted by molar-refractivity contribution is 9.10. The molecule has 0 saturated heterocycles. The van der Waals surface area contributed by atoms with Crippen molar-refractivity contribution in [1.29, 1.82) is 0 Å². The van der Waals surface area contributed by atoms with Crippen molar-refractivity contribution in [2.45, 2.75) is 6.61 Å². The molecule has 1 aromatic carbocycles. The molecule has 0 spiro atoms. The summed E-state index contributed by atoms with van der Waals surface area (Å²) < 4.78 is 2.43. The molecule has 1 heterocycles. The Morgan fingerprint density at radius 1 is 1.47 bits per heavy atom. The van der Waals surface area contributed by atoms with Gasteiger partial charge in [0, 0.05) is 4.47 Å². The van der Waals surface area contributed by atoms with E-state index in [0.29, 0.717) is 10.7 Å². The van der Waals surface area contributed by atoms with Crippen molar-refractivity contribution in [2.24, 2.45) is 0 Å². The van der Waals surface area contributed by atoms with Gasteiger partial charge < -0.3 is 5.11 Å².